The molecule has 0 bridgehead atoms. The van der Waals surface area contributed by atoms with Crippen molar-refractivity contribution in [2.24, 2.45) is 5.41 Å². The SMILES string of the molecule is COc1cc(OC)c(OC)cc1/C=C1\C[C@@]2(C)C(=CC1=O)CCC[C@@H]2O. The summed E-state index contributed by atoms with van der Waals surface area (Å²) < 4.78 is 16.1. The molecule has 5 heteroatoms. The number of fused-ring (bicyclic) bond motifs is 1. The van der Waals surface area contributed by atoms with E-state index in [2.05, 4.69) is 6.92 Å². The average molecular weight is 358 g/mol. The van der Waals surface area contributed by atoms with Crippen molar-refractivity contribution in [1.82, 2.24) is 0 Å². The van der Waals surface area contributed by atoms with Crippen molar-refractivity contribution >= 4 is 11.9 Å². The van der Waals surface area contributed by atoms with Crippen LogP contribution in [0.3, 0.4) is 0 Å². The summed E-state index contributed by atoms with van der Waals surface area (Å²) in [6, 6.07) is 3.55. The van der Waals surface area contributed by atoms with Gasteiger partial charge in [-0.1, -0.05) is 12.5 Å². The summed E-state index contributed by atoms with van der Waals surface area (Å²) in [5.41, 5.74) is 2.11. The second kappa shape index (κ2) is 7.16. The smallest absolute Gasteiger partial charge is 0.181 e. The number of ether oxygens (including phenoxy) is 3. The van der Waals surface area contributed by atoms with Crippen LogP contribution in [0.2, 0.25) is 0 Å². The minimum atomic E-state index is -0.425. The predicted octanol–water partition coefficient (Wildman–Crippen LogP) is 3.55. The molecule has 1 fully saturated rings. The predicted molar refractivity (Wildman–Crippen MR) is 99.7 cm³/mol. The number of aliphatic hydroxyl groups is 1. The van der Waals surface area contributed by atoms with Gasteiger partial charge in [0.15, 0.2) is 17.3 Å². The van der Waals surface area contributed by atoms with Crippen LogP contribution in [-0.2, 0) is 4.79 Å². The van der Waals surface area contributed by atoms with E-state index in [9.17, 15) is 9.90 Å². The van der Waals surface area contributed by atoms with Gasteiger partial charge in [-0.25, -0.2) is 0 Å². The van der Waals surface area contributed by atoms with E-state index >= 15 is 0 Å². The normalized spacial score (nSPS) is 27.0. The molecule has 140 valence electrons. The molecule has 1 saturated carbocycles. The van der Waals surface area contributed by atoms with Gasteiger partial charge in [-0.2, -0.15) is 0 Å². The minimum absolute atomic E-state index is 0.00316. The Hall–Kier alpha value is -2.27. The molecule has 26 heavy (non-hydrogen) atoms. The van der Waals surface area contributed by atoms with Gasteiger partial charge in [0.2, 0.25) is 0 Å². The largest absolute Gasteiger partial charge is 0.496 e. The molecule has 2 aliphatic carbocycles. The van der Waals surface area contributed by atoms with Crippen LogP contribution in [0.4, 0.5) is 0 Å². The minimum Gasteiger partial charge on any atom is -0.496 e. The van der Waals surface area contributed by atoms with Gasteiger partial charge in [-0.15, -0.1) is 0 Å². The summed E-state index contributed by atoms with van der Waals surface area (Å²) in [4.78, 5) is 12.7. The van der Waals surface area contributed by atoms with Gasteiger partial charge in [-0.05, 0) is 43.9 Å². The number of rotatable bonds is 4. The molecular formula is C21H26O5. The fraction of sp³-hybridized carbons (Fsp3) is 0.476. The molecular weight excluding hydrogens is 332 g/mol. The summed E-state index contributed by atoms with van der Waals surface area (Å²) in [6.07, 6.45) is 6.23. The van der Waals surface area contributed by atoms with Crippen molar-refractivity contribution in [3.63, 3.8) is 0 Å². The first-order valence-electron chi connectivity index (χ1n) is 8.87. The Labute approximate surface area is 154 Å². The van der Waals surface area contributed by atoms with E-state index in [1.807, 2.05) is 6.08 Å². The second-order valence-corrected chi connectivity index (χ2v) is 7.15. The van der Waals surface area contributed by atoms with E-state index < -0.39 is 6.10 Å². The number of hydrogen-bond donors (Lipinski definition) is 1. The lowest BCUT2D eigenvalue weighted by atomic mass is 9.63. The van der Waals surface area contributed by atoms with E-state index in [-0.39, 0.29) is 11.2 Å². The number of benzene rings is 1. The zero-order valence-corrected chi connectivity index (χ0v) is 15.8. The lowest BCUT2D eigenvalue weighted by Gasteiger charge is -2.43. The van der Waals surface area contributed by atoms with Crippen molar-refractivity contribution in [1.29, 1.82) is 0 Å². The maximum Gasteiger partial charge on any atom is 0.181 e. The number of allylic oxidation sites excluding steroid dienone is 2. The van der Waals surface area contributed by atoms with E-state index in [1.165, 1.54) is 0 Å². The number of methoxy groups -OCH3 is 3. The third-order valence-corrected chi connectivity index (χ3v) is 5.64. The van der Waals surface area contributed by atoms with Crippen molar-refractivity contribution in [3.05, 3.63) is 34.9 Å². The Morgan fingerprint density at radius 2 is 1.77 bits per heavy atom. The van der Waals surface area contributed by atoms with E-state index in [0.29, 0.717) is 29.2 Å². The van der Waals surface area contributed by atoms with Crippen LogP contribution in [-0.4, -0.2) is 38.3 Å². The molecule has 0 amide bonds. The lowest BCUT2D eigenvalue weighted by Crippen LogP contribution is -2.41. The van der Waals surface area contributed by atoms with Gasteiger partial charge >= 0.3 is 0 Å². The highest BCUT2D eigenvalue weighted by Gasteiger charge is 2.43. The average Bonchev–Trinajstić information content (AvgIpc) is 2.64. The van der Waals surface area contributed by atoms with Gasteiger partial charge in [0.1, 0.15) is 5.75 Å². The Morgan fingerprint density at radius 1 is 1.12 bits per heavy atom. The highest BCUT2D eigenvalue weighted by atomic mass is 16.5. The van der Waals surface area contributed by atoms with Crippen molar-refractivity contribution in [2.45, 2.75) is 38.7 Å². The third-order valence-electron chi connectivity index (χ3n) is 5.64. The van der Waals surface area contributed by atoms with Gasteiger partial charge in [-0.3, -0.25) is 4.79 Å². The fourth-order valence-corrected chi connectivity index (χ4v) is 3.98. The topological polar surface area (TPSA) is 65.0 Å². The van der Waals surface area contributed by atoms with E-state index in [0.717, 1.165) is 30.4 Å². The van der Waals surface area contributed by atoms with Crippen molar-refractivity contribution < 1.29 is 24.1 Å². The zero-order valence-electron chi connectivity index (χ0n) is 15.8. The summed E-state index contributed by atoms with van der Waals surface area (Å²) in [6.45, 7) is 2.05. The Balaban J connectivity index is 2.05. The second-order valence-electron chi connectivity index (χ2n) is 7.15. The maximum atomic E-state index is 12.7. The highest BCUT2D eigenvalue weighted by Crippen LogP contribution is 2.48. The molecule has 2 atom stereocenters. The monoisotopic (exact) mass is 358 g/mol. The van der Waals surface area contributed by atoms with E-state index in [1.54, 1.807) is 39.5 Å². The molecule has 0 radical (unpaired) electrons. The summed E-state index contributed by atoms with van der Waals surface area (Å²) in [5.74, 6) is 1.75. The quantitative estimate of drug-likeness (QED) is 0.834. The summed E-state index contributed by atoms with van der Waals surface area (Å²) in [5, 5.41) is 10.5. The van der Waals surface area contributed by atoms with Gasteiger partial charge < -0.3 is 19.3 Å². The molecule has 1 N–H and O–H groups in total. The molecule has 3 rings (SSSR count). The summed E-state index contributed by atoms with van der Waals surface area (Å²) in [7, 11) is 4.72. The van der Waals surface area contributed by atoms with Crippen LogP contribution in [0.1, 0.15) is 38.2 Å². The van der Waals surface area contributed by atoms with Crippen LogP contribution in [0.25, 0.3) is 6.08 Å². The molecule has 0 saturated heterocycles. The van der Waals surface area contributed by atoms with Crippen molar-refractivity contribution in [2.75, 3.05) is 21.3 Å². The highest BCUT2D eigenvalue weighted by molar-refractivity contribution is 6.09. The number of aliphatic hydroxyl groups excluding tert-OH is 1. The molecule has 0 spiro atoms. The number of ketones is 1. The first-order valence-corrected chi connectivity index (χ1v) is 8.87. The first kappa shape index (κ1) is 18.5. The number of carbonyl (C=O) groups is 1. The van der Waals surface area contributed by atoms with Gasteiger partial charge in [0, 0.05) is 22.6 Å². The van der Waals surface area contributed by atoms with Gasteiger partial charge in [0.25, 0.3) is 0 Å². The summed E-state index contributed by atoms with van der Waals surface area (Å²) >= 11 is 0. The standard InChI is InChI=1S/C21H26O5/c1-21-12-14(16(22)10-15(21)6-5-7-20(21)23)8-13-9-18(25-3)19(26-4)11-17(13)24-2/h8-11,20,23H,5-7,12H2,1-4H3/b14-8+/t20-,21-/m0/s1. The van der Waals surface area contributed by atoms with Crippen LogP contribution < -0.4 is 14.2 Å². The lowest BCUT2D eigenvalue weighted by molar-refractivity contribution is -0.112. The first-order chi connectivity index (χ1) is 12.4. The number of hydrogen-bond acceptors (Lipinski definition) is 5. The molecule has 1 aromatic rings. The third kappa shape index (κ3) is 3.12. The van der Waals surface area contributed by atoms with E-state index in [4.69, 9.17) is 14.2 Å². The molecule has 5 nitrogen and oxygen atoms in total. The molecule has 0 heterocycles. The van der Waals surface area contributed by atoms with Crippen molar-refractivity contribution in [3.8, 4) is 17.2 Å². The van der Waals surface area contributed by atoms with Crippen LogP contribution >= 0.6 is 0 Å². The Kier molecular flexibility index (Phi) is 5.10. The Morgan fingerprint density at radius 3 is 2.42 bits per heavy atom. The number of carbonyl (C=O) groups excluding carboxylic acids is 1. The molecule has 0 aromatic heterocycles. The van der Waals surface area contributed by atoms with Crippen LogP contribution in [0, 0.1) is 5.41 Å². The van der Waals surface area contributed by atoms with Gasteiger partial charge in [0.05, 0.1) is 27.4 Å². The molecule has 1 aromatic carbocycles. The molecule has 0 unspecified atom stereocenters. The Bertz CT molecular complexity index is 777. The maximum absolute atomic E-state index is 12.7. The van der Waals surface area contributed by atoms with Crippen LogP contribution in [0.5, 0.6) is 17.2 Å². The zero-order chi connectivity index (χ0) is 18.9. The van der Waals surface area contributed by atoms with Crippen LogP contribution in [0.15, 0.2) is 29.4 Å². The fourth-order valence-electron chi connectivity index (χ4n) is 3.98. The molecule has 0 aliphatic heterocycles. The molecule has 2 aliphatic rings.